The van der Waals surface area contributed by atoms with E-state index in [1.54, 1.807) is 0 Å². The van der Waals surface area contributed by atoms with Gasteiger partial charge in [-0.3, -0.25) is 13.9 Å². The maximum Gasteiger partial charge on any atom is 2.00 e. The van der Waals surface area contributed by atoms with Gasteiger partial charge in [-0.25, -0.2) is 4.79 Å². The molecule has 0 radical (unpaired) electrons. The van der Waals surface area contributed by atoms with Crippen LogP contribution in [0.5, 0.6) is 0 Å². The molecule has 0 aliphatic carbocycles. The Balaban J connectivity index is -0.000000375. The van der Waals surface area contributed by atoms with E-state index in [1.807, 2.05) is 0 Å². The van der Waals surface area contributed by atoms with Crippen molar-refractivity contribution in [3.8, 4) is 0 Å². The second kappa shape index (κ2) is 5.45. The van der Waals surface area contributed by atoms with Crippen molar-refractivity contribution in [2.24, 2.45) is 0 Å². The first-order valence-corrected chi connectivity index (χ1v) is 6.13. The quantitative estimate of drug-likeness (QED) is 0.323. The molecule has 0 saturated heterocycles. The van der Waals surface area contributed by atoms with Gasteiger partial charge >= 0.3 is 39.1 Å². The average molecular weight is 305 g/mol. The zero-order valence-corrected chi connectivity index (χ0v) is 11.0. The largest absolute Gasteiger partial charge is 2.00 e. The van der Waals surface area contributed by atoms with Gasteiger partial charge in [0.15, 0.2) is 0 Å². The molecular formula is C4H8MgO10S2. The Bertz CT molecular complexity index is 492. The van der Waals surface area contributed by atoms with Gasteiger partial charge in [-0.2, -0.15) is 16.8 Å². The molecule has 0 spiro atoms. The summed E-state index contributed by atoms with van der Waals surface area (Å²) in [7, 11) is -11.8. The number of carboxylic acid groups (broad SMARTS) is 2. The first-order valence-electron chi connectivity index (χ1n) is 3.25. The van der Waals surface area contributed by atoms with Crippen molar-refractivity contribution in [3.63, 3.8) is 0 Å². The predicted molar refractivity (Wildman–Crippen MR) is 53.7 cm³/mol. The van der Waals surface area contributed by atoms with Crippen LogP contribution in [-0.2, 0) is 29.8 Å². The van der Waals surface area contributed by atoms with Crippen LogP contribution in [0.2, 0.25) is 0 Å². The van der Waals surface area contributed by atoms with Crippen LogP contribution in [0.4, 0.5) is 0 Å². The fourth-order valence-corrected chi connectivity index (χ4v) is 2.93. The smallest absolute Gasteiger partial charge is 1.00 e. The van der Waals surface area contributed by atoms with Gasteiger partial charge in [0.25, 0.3) is 20.2 Å². The first kappa shape index (κ1) is 18.9. The fourth-order valence-electron chi connectivity index (χ4n) is 0.811. The molecule has 98 valence electrons. The van der Waals surface area contributed by atoms with Crippen molar-refractivity contribution >= 4 is 55.2 Å². The van der Waals surface area contributed by atoms with Crippen LogP contribution in [-0.4, -0.2) is 75.2 Å². The zero-order chi connectivity index (χ0) is 13.4. The zero-order valence-electron chi connectivity index (χ0n) is 9.97. The van der Waals surface area contributed by atoms with E-state index in [0.717, 1.165) is 0 Å². The molecule has 0 saturated carbocycles. The summed E-state index contributed by atoms with van der Waals surface area (Å²) in [5, 5.41) is 16.6. The van der Waals surface area contributed by atoms with Crippen LogP contribution in [0.15, 0.2) is 0 Å². The summed E-state index contributed by atoms with van der Waals surface area (Å²) in [6.45, 7) is 0. The molecule has 0 unspecified atom stereocenters. The number of hydrogen-bond donors (Lipinski definition) is 4. The van der Waals surface area contributed by atoms with E-state index in [9.17, 15) is 26.4 Å². The van der Waals surface area contributed by atoms with E-state index in [4.69, 9.17) is 19.3 Å². The van der Waals surface area contributed by atoms with Gasteiger partial charge in [0.1, 0.15) is 0 Å². The van der Waals surface area contributed by atoms with E-state index < -0.39 is 42.7 Å². The molecule has 0 aromatic rings. The molecular weight excluding hydrogens is 296 g/mol. The van der Waals surface area contributed by atoms with Crippen LogP contribution >= 0.6 is 0 Å². The Morgan fingerprint density at radius 3 is 1.35 bits per heavy atom. The van der Waals surface area contributed by atoms with Crippen LogP contribution in [0.3, 0.4) is 0 Å². The Kier molecular flexibility index (Phi) is 6.05. The molecule has 0 aromatic carbocycles. The van der Waals surface area contributed by atoms with Crippen LogP contribution in [0, 0.1) is 0 Å². The van der Waals surface area contributed by atoms with E-state index in [2.05, 4.69) is 0 Å². The maximum atomic E-state index is 10.6. The Labute approximate surface area is 114 Å². The van der Waals surface area contributed by atoms with E-state index in [1.165, 1.54) is 0 Å². The van der Waals surface area contributed by atoms with Gasteiger partial charge in [0, 0.05) is 0 Å². The monoisotopic (exact) mass is 304 g/mol. The number of rotatable bonds is 5. The normalized spacial score (nSPS) is 12.6. The molecule has 13 heteroatoms. The van der Waals surface area contributed by atoms with Gasteiger partial charge < -0.3 is 13.1 Å². The molecule has 0 aromatic heterocycles. The third-order valence-electron chi connectivity index (χ3n) is 1.54. The molecule has 0 rings (SSSR count). The number of hydrogen-bond acceptors (Lipinski definition) is 6. The van der Waals surface area contributed by atoms with E-state index >= 15 is 0 Å². The molecule has 0 amide bonds. The minimum Gasteiger partial charge on any atom is -1.00 e. The Hall–Kier alpha value is -0.474. The molecule has 4 N–H and O–H groups in total. The first-order chi connectivity index (χ1) is 6.86. The molecule has 0 aliphatic rings. The maximum absolute atomic E-state index is 10.6. The van der Waals surface area contributed by atoms with Gasteiger partial charge in [-0.15, -0.1) is 0 Å². The second-order valence-corrected chi connectivity index (χ2v) is 6.13. The van der Waals surface area contributed by atoms with E-state index in [-0.39, 0.29) is 25.9 Å². The third-order valence-corrected chi connectivity index (χ3v) is 5.11. The Morgan fingerprint density at radius 1 is 1.00 bits per heavy atom. The van der Waals surface area contributed by atoms with Gasteiger partial charge in [-0.05, 0) is 0 Å². The standard InChI is InChI=1S/C4H6O10S2.Mg.2H/c5-2(6)1-4(3(7)8,15(9,10)11)16(12,13)14;;;/h1H2,(H,5,6)(H,7,8)(H,9,10,11)(H,12,13,14);;;/q;+2;2*-1. The molecule has 0 fully saturated rings. The molecule has 17 heavy (non-hydrogen) atoms. The molecule has 0 heterocycles. The third kappa shape index (κ3) is 3.49. The summed E-state index contributed by atoms with van der Waals surface area (Å²) in [4.78, 5) is 20.7. The van der Waals surface area contributed by atoms with Crippen LogP contribution < -0.4 is 0 Å². The van der Waals surface area contributed by atoms with Crippen LogP contribution in [0.1, 0.15) is 9.27 Å². The number of carbonyl (C=O) groups is 2. The van der Waals surface area contributed by atoms with Crippen molar-refractivity contribution in [2.75, 3.05) is 0 Å². The minimum absolute atomic E-state index is 0. The van der Waals surface area contributed by atoms with Crippen molar-refractivity contribution < 1.29 is 48.6 Å². The van der Waals surface area contributed by atoms with Crippen molar-refractivity contribution in [1.82, 2.24) is 0 Å². The van der Waals surface area contributed by atoms with Gasteiger partial charge in [-0.1, -0.05) is 0 Å². The van der Waals surface area contributed by atoms with Gasteiger partial charge in [0.05, 0.1) is 6.42 Å². The summed E-state index contributed by atoms with van der Waals surface area (Å²) < 4.78 is 55.3. The summed E-state index contributed by atoms with van der Waals surface area (Å²) in [5.74, 6) is -4.88. The summed E-state index contributed by atoms with van der Waals surface area (Å²) in [6, 6.07) is 0. The molecule has 0 bridgehead atoms. The summed E-state index contributed by atoms with van der Waals surface area (Å²) >= 11 is 0. The topological polar surface area (TPSA) is 183 Å². The van der Waals surface area contributed by atoms with Crippen LogP contribution in [0.25, 0.3) is 0 Å². The molecule has 0 aliphatic heterocycles. The number of carboxylic acids is 2. The fraction of sp³-hybridized carbons (Fsp3) is 0.500. The summed E-state index contributed by atoms with van der Waals surface area (Å²) in [5.41, 5.74) is 0. The van der Waals surface area contributed by atoms with Crippen molar-refractivity contribution in [1.29, 1.82) is 0 Å². The van der Waals surface area contributed by atoms with Crippen molar-refractivity contribution in [3.05, 3.63) is 0 Å². The average Bonchev–Trinajstić information content (AvgIpc) is 1.93. The van der Waals surface area contributed by atoms with Gasteiger partial charge in [0.2, 0.25) is 0 Å². The number of aliphatic carboxylic acids is 2. The van der Waals surface area contributed by atoms with E-state index in [0.29, 0.717) is 0 Å². The van der Waals surface area contributed by atoms with Crippen molar-refractivity contribution in [2.45, 2.75) is 10.5 Å². The molecule has 0 atom stereocenters. The molecule has 10 nitrogen and oxygen atoms in total. The second-order valence-electron chi connectivity index (χ2n) is 2.58. The summed E-state index contributed by atoms with van der Waals surface area (Å²) in [6.07, 6.45) is -2.04. The Morgan fingerprint density at radius 2 is 1.29 bits per heavy atom. The minimum atomic E-state index is -5.90. The SMILES string of the molecule is O=C(O)CC(C(=O)O)(S(=O)(=O)O)S(=O)(=O)O.[H-].[H-].[Mg+2]. The predicted octanol–water partition coefficient (Wildman–Crippen LogP) is -2.14.